The fourth-order valence-electron chi connectivity index (χ4n) is 3.20. The van der Waals surface area contributed by atoms with E-state index in [0.29, 0.717) is 33.2 Å². The van der Waals surface area contributed by atoms with Crippen LogP contribution in [0.15, 0.2) is 59.5 Å². The van der Waals surface area contributed by atoms with E-state index in [4.69, 9.17) is 4.74 Å². The molecule has 2 aromatic carbocycles. The summed E-state index contributed by atoms with van der Waals surface area (Å²) in [5.74, 6) is 0.411. The zero-order valence-electron chi connectivity index (χ0n) is 14.6. The van der Waals surface area contributed by atoms with Gasteiger partial charge in [-0.2, -0.15) is 0 Å². The maximum Gasteiger partial charge on any atom is 0.261 e. The van der Waals surface area contributed by atoms with Crippen LogP contribution in [0.25, 0.3) is 10.4 Å². The summed E-state index contributed by atoms with van der Waals surface area (Å²) in [6.07, 6.45) is 0. The van der Waals surface area contributed by atoms with Gasteiger partial charge in [-0.15, -0.1) is 11.3 Å². The molecule has 1 amide bonds. The van der Waals surface area contributed by atoms with E-state index in [1.807, 2.05) is 30.3 Å². The number of thiophene rings is 1. The Bertz CT molecular complexity index is 1130. The molecule has 1 N–H and O–H groups in total. The molecule has 27 heavy (non-hydrogen) atoms. The third-order valence-corrected chi connectivity index (χ3v) is 7.40. The number of carbonyl (C=O) groups is 1. The van der Waals surface area contributed by atoms with Gasteiger partial charge in [-0.1, -0.05) is 36.4 Å². The molecule has 2 heterocycles. The van der Waals surface area contributed by atoms with Gasteiger partial charge < -0.3 is 10.1 Å². The standard InChI is InChI=1S/C20H17NO4S2/c1-25-16-8-4-2-6-13(16)11-21-20(22)17-10-14-12-27(23,24)18-9-5-3-7-15(18)19(14)26-17/h2-10H,11-12H2,1H3,(H,21,22). The van der Waals surface area contributed by atoms with E-state index in [9.17, 15) is 13.2 Å². The number of amides is 1. The molecule has 138 valence electrons. The maximum atomic E-state index is 12.6. The summed E-state index contributed by atoms with van der Waals surface area (Å²) < 4.78 is 30.3. The van der Waals surface area contributed by atoms with Gasteiger partial charge in [0.2, 0.25) is 0 Å². The lowest BCUT2D eigenvalue weighted by Crippen LogP contribution is -2.22. The molecular weight excluding hydrogens is 382 g/mol. The number of nitrogens with one attached hydrogen (secondary N) is 1. The van der Waals surface area contributed by atoms with Crippen molar-refractivity contribution in [2.75, 3.05) is 7.11 Å². The van der Waals surface area contributed by atoms with Crippen LogP contribution in [0.3, 0.4) is 0 Å². The van der Waals surface area contributed by atoms with Crippen molar-refractivity contribution >= 4 is 27.1 Å². The fraction of sp³-hybridized carbons (Fsp3) is 0.150. The Kier molecular flexibility index (Phi) is 4.49. The van der Waals surface area contributed by atoms with E-state index >= 15 is 0 Å². The summed E-state index contributed by atoms with van der Waals surface area (Å²) in [5, 5.41) is 2.89. The molecule has 0 aliphatic carbocycles. The molecule has 3 aromatic rings. The Labute approximate surface area is 161 Å². The Hall–Kier alpha value is -2.64. The van der Waals surface area contributed by atoms with Crippen molar-refractivity contribution in [1.82, 2.24) is 5.32 Å². The molecule has 0 saturated carbocycles. The van der Waals surface area contributed by atoms with Crippen LogP contribution in [0.2, 0.25) is 0 Å². The quantitative estimate of drug-likeness (QED) is 0.727. The summed E-state index contributed by atoms with van der Waals surface area (Å²) in [6, 6.07) is 16.1. The number of methoxy groups -OCH3 is 1. The number of fused-ring (bicyclic) bond motifs is 3. The van der Waals surface area contributed by atoms with Gasteiger partial charge >= 0.3 is 0 Å². The first-order chi connectivity index (χ1) is 13.0. The number of benzene rings is 2. The normalized spacial score (nSPS) is 14.1. The second kappa shape index (κ2) is 6.83. The van der Waals surface area contributed by atoms with Gasteiger partial charge in [0.1, 0.15) is 5.75 Å². The SMILES string of the molecule is COc1ccccc1CNC(=O)c1cc2c(s1)-c1ccccc1S(=O)(=O)C2. The van der Waals surface area contributed by atoms with Crippen LogP contribution >= 0.6 is 11.3 Å². The van der Waals surface area contributed by atoms with Gasteiger partial charge in [-0.25, -0.2) is 8.42 Å². The molecule has 7 heteroatoms. The first-order valence-electron chi connectivity index (χ1n) is 8.34. The molecule has 0 spiro atoms. The monoisotopic (exact) mass is 399 g/mol. The first kappa shape index (κ1) is 17.8. The maximum absolute atomic E-state index is 12.6. The zero-order chi connectivity index (χ0) is 19.0. The molecule has 0 saturated heterocycles. The van der Waals surface area contributed by atoms with Gasteiger partial charge in [0, 0.05) is 22.5 Å². The summed E-state index contributed by atoms with van der Waals surface area (Å²) in [4.78, 5) is 14.3. The van der Waals surface area contributed by atoms with Crippen molar-refractivity contribution in [3.05, 3.63) is 70.6 Å². The number of hydrogen-bond acceptors (Lipinski definition) is 5. The lowest BCUT2D eigenvalue weighted by Gasteiger charge is -2.15. The van der Waals surface area contributed by atoms with E-state index in [2.05, 4.69) is 5.32 Å². The number of carbonyl (C=O) groups excluding carboxylic acids is 1. The molecule has 4 rings (SSSR count). The second-order valence-electron chi connectivity index (χ2n) is 6.21. The number of ether oxygens (including phenoxy) is 1. The van der Waals surface area contributed by atoms with Crippen LogP contribution in [0, 0.1) is 0 Å². The minimum Gasteiger partial charge on any atom is -0.496 e. The molecule has 1 aliphatic heterocycles. The van der Waals surface area contributed by atoms with Crippen LogP contribution in [-0.4, -0.2) is 21.4 Å². The van der Waals surface area contributed by atoms with Crippen LogP contribution in [0.5, 0.6) is 5.75 Å². The highest BCUT2D eigenvalue weighted by Gasteiger charge is 2.30. The molecule has 5 nitrogen and oxygen atoms in total. The van der Waals surface area contributed by atoms with Gasteiger partial charge in [-0.05, 0) is 23.8 Å². The number of sulfone groups is 1. The van der Waals surface area contributed by atoms with Crippen molar-refractivity contribution in [1.29, 1.82) is 0 Å². The highest BCUT2D eigenvalue weighted by molar-refractivity contribution is 7.91. The van der Waals surface area contributed by atoms with Crippen molar-refractivity contribution in [3.8, 4) is 16.2 Å². The van der Waals surface area contributed by atoms with Crippen LogP contribution in [-0.2, 0) is 22.1 Å². The Morgan fingerprint density at radius 2 is 1.89 bits per heavy atom. The highest BCUT2D eigenvalue weighted by atomic mass is 32.2. The predicted octanol–water partition coefficient (Wildman–Crippen LogP) is 3.64. The van der Waals surface area contributed by atoms with E-state index in [1.54, 1.807) is 31.4 Å². The average Bonchev–Trinajstić information content (AvgIpc) is 3.10. The lowest BCUT2D eigenvalue weighted by atomic mass is 10.1. The van der Waals surface area contributed by atoms with E-state index in [-0.39, 0.29) is 11.7 Å². The summed E-state index contributed by atoms with van der Waals surface area (Å²) in [7, 11) is -1.78. The Morgan fingerprint density at radius 3 is 2.70 bits per heavy atom. The zero-order valence-corrected chi connectivity index (χ0v) is 16.2. The van der Waals surface area contributed by atoms with Crippen LogP contribution < -0.4 is 10.1 Å². The van der Waals surface area contributed by atoms with Gasteiger partial charge in [0.05, 0.1) is 22.6 Å². The van der Waals surface area contributed by atoms with Crippen molar-refractivity contribution in [2.45, 2.75) is 17.2 Å². The van der Waals surface area contributed by atoms with Gasteiger partial charge in [0.25, 0.3) is 5.91 Å². The topological polar surface area (TPSA) is 72.5 Å². The van der Waals surface area contributed by atoms with Crippen molar-refractivity contribution in [2.24, 2.45) is 0 Å². The lowest BCUT2D eigenvalue weighted by molar-refractivity contribution is 0.0954. The minimum atomic E-state index is -3.37. The molecule has 0 bridgehead atoms. The summed E-state index contributed by atoms with van der Waals surface area (Å²) in [5.41, 5.74) is 2.23. The Balaban J connectivity index is 1.61. The van der Waals surface area contributed by atoms with Crippen molar-refractivity contribution in [3.63, 3.8) is 0 Å². The molecule has 0 fully saturated rings. The number of hydrogen-bond donors (Lipinski definition) is 1. The Morgan fingerprint density at radius 1 is 1.15 bits per heavy atom. The molecule has 0 radical (unpaired) electrons. The van der Waals surface area contributed by atoms with E-state index in [0.717, 1.165) is 10.4 Å². The summed E-state index contributed by atoms with van der Waals surface area (Å²) >= 11 is 1.32. The molecule has 0 unspecified atom stereocenters. The fourth-order valence-corrected chi connectivity index (χ4v) is 6.07. The number of para-hydroxylation sites is 1. The van der Waals surface area contributed by atoms with E-state index in [1.165, 1.54) is 11.3 Å². The molecule has 0 atom stereocenters. The predicted molar refractivity (Wildman–Crippen MR) is 105 cm³/mol. The summed E-state index contributed by atoms with van der Waals surface area (Å²) in [6.45, 7) is 0.334. The van der Waals surface area contributed by atoms with Gasteiger partial charge in [0.15, 0.2) is 9.84 Å². The van der Waals surface area contributed by atoms with Crippen LogP contribution in [0.1, 0.15) is 20.8 Å². The highest BCUT2D eigenvalue weighted by Crippen LogP contribution is 2.42. The second-order valence-corrected chi connectivity index (χ2v) is 9.22. The largest absolute Gasteiger partial charge is 0.496 e. The first-order valence-corrected chi connectivity index (χ1v) is 10.8. The third-order valence-electron chi connectivity index (χ3n) is 4.48. The average molecular weight is 399 g/mol. The smallest absolute Gasteiger partial charge is 0.261 e. The van der Waals surface area contributed by atoms with Gasteiger partial charge in [-0.3, -0.25) is 4.79 Å². The molecular formula is C20H17NO4S2. The molecule has 1 aromatic heterocycles. The van der Waals surface area contributed by atoms with Crippen molar-refractivity contribution < 1.29 is 17.9 Å². The third kappa shape index (κ3) is 3.24. The minimum absolute atomic E-state index is 0.0738. The van der Waals surface area contributed by atoms with Crippen LogP contribution in [0.4, 0.5) is 0 Å². The molecule has 1 aliphatic rings. The van der Waals surface area contributed by atoms with E-state index < -0.39 is 9.84 Å². The number of rotatable bonds is 4.